The lowest BCUT2D eigenvalue weighted by molar-refractivity contribution is 0.0686. The van der Waals surface area contributed by atoms with Crippen molar-refractivity contribution < 1.29 is 24.6 Å². The molecular weight excluding hydrogens is 675 g/mol. The Bertz CT molecular complexity index is 1780. The maximum Gasteiger partial charge on any atom is 0.335 e. The molecule has 5 aromatic rings. The van der Waals surface area contributed by atoms with Crippen LogP contribution >= 0.6 is 0 Å². The predicted molar refractivity (Wildman–Crippen MR) is 223 cm³/mol. The third-order valence-corrected chi connectivity index (χ3v) is 9.38. The van der Waals surface area contributed by atoms with Crippen LogP contribution in [0.2, 0.25) is 0 Å². The molecule has 5 aromatic carbocycles. The first-order valence-corrected chi connectivity index (χ1v) is 18.8. The second-order valence-corrected chi connectivity index (χ2v) is 12.4. The number of anilines is 3. The second kappa shape index (κ2) is 22.2. The molecule has 8 heteroatoms. The molecule has 0 saturated heterocycles. The summed E-state index contributed by atoms with van der Waals surface area (Å²) in [6, 6.07) is 41.0. The highest BCUT2D eigenvalue weighted by Crippen LogP contribution is 2.34. The van der Waals surface area contributed by atoms with E-state index in [1.807, 2.05) is 18.2 Å². The van der Waals surface area contributed by atoms with Crippen LogP contribution in [0.3, 0.4) is 0 Å². The molecule has 0 atom stereocenters. The van der Waals surface area contributed by atoms with Crippen LogP contribution in [0.15, 0.2) is 127 Å². The Balaban J connectivity index is 0.000000288. The largest absolute Gasteiger partial charge is 0.478 e. The van der Waals surface area contributed by atoms with Gasteiger partial charge in [-0.05, 0) is 119 Å². The Morgan fingerprint density at radius 3 is 1.06 bits per heavy atom. The fourth-order valence-electron chi connectivity index (χ4n) is 6.26. The third-order valence-electron chi connectivity index (χ3n) is 9.38. The van der Waals surface area contributed by atoms with Gasteiger partial charge in [0.15, 0.2) is 0 Å². The number of carboxylic acids is 2. The lowest BCUT2D eigenvalue weighted by Crippen LogP contribution is -2.21. The maximum atomic E-state index is 11.3. The normalized spacial score (nSPS) is 10.3. The maximum absolute atomic E-state index is 11.3. The standard InChI is InChI=1S/C28H34N2O2.C10H15N.C8H6O3/c1-5-29(6-2)25-17-13-22(14-18-25)27(21-9-11-24(12-10-21)28(31)32)23-15-19-26(20-16-23)30(7-3)8-4;1-3-11(4-2)10-8-6-5-7-9-10;9-5-6-1-3-7(4-2-6)8(10)11/h9-20,27H,5-8H2,1-4H3,(H,31,32);5-9H,3-4H2,1-2H3;1-5H,(H,10,11). The third kappa shape index (κ3) is 12.1. The van der Waals surface area contributed by atoms with Gasteiger partial charge in [-0.3, -0.25) is 4.79 Å². The molecule has 0 heterocycles. The van der Waals surface area contributed by atoms with E-state index < -0.39 is 11.9 Å². The van der Waals surface area contributed by atoms with E-state index in [-0.39, 0.29) is 11.5 Å². The SMILES string of the molecule is CCN(CC)c1ccc(C(c2ccc(C(=O)O)cc2)c2ccc(N(CC)CC)cc2)cc1.CCN(CC)c1ccccc1.O=Cc1ccc(C(=O)O)cc1. The van der Waals surface area contributed by atoms with Gasteiger partial charge in [0.05, 0.1) is 11.1 Å². The first-order chi connectivity index (χ1) is 26.1. The van der Waals surface area contributed by atoms with E-state index in [1.165, 1.54) is 52.5 Å². The number of aldehydes is 1. The summed E-state index contributed by atoms with van der Waals surface area (Å²) in [5.74, 6) is -1.85. The van der Waals surface area contributed by atoms with Crippen molar-refractivity contribution in [3.63, 3.8) is 0 Å². The van der Waals surface area contributed by atoms with Gasteiger partial charge in [-0.15, -0.1) is 0 Å². The minimum Gasteiger partial charge on any atom is -0.478 e. The quantitative estimate of drug-likeness (QED) is 0.0812. The van der Waals surface area contributed by atoms with Crippen molar-refractivity contribution in [1.82, 2.24) is 0 Å². The highest BCUT2D eigenvalue weighted by atomic mass is 16.4. The van der Waals surface area contributed by atoms with Crippen LogP contribution in [-0.2, 0) is 0 Å². The second-order valence-electron chi connectivity index (χ2n) is 12.4. The van der Waals surface area contributed by atoms with Crippen molar-refractivity contribution in [2.45, 2.75) is 47.5 Å². The van der Waals surface area contributed by atoms with Crippen LogP contribution in [0, 0.1) is 0 Å². The number of aromatic carboxylic acids is 2. The summed E-state index contributed by atoms with van der Waals surface area (Å²) in [5, 5.41) is 17.8. The highest BCUT2D eigenvalue weighted by molar-refractivity contribution is 5.89. The molecule has 0 spiro atoms. The van der Waals surface area contributed by atoms with E-state index in [0.29, 0.717) is 17.4 Å². The number of carboxylic acid groups (broad SMARTS) is 2. The zero-order chi connectivity index (χ0) is 39.5. The summed E-state index contributed by atoms with van der Waals surface area (Å²) in [4.78, 5) is 38.8. The predicted octanol–water partition coefficient (Wildman–Crippen LogP) is 9.99. The summed E-state index contributed by atoms with van der Waals surface area (Å²) in [5.41, 5.74) is 8.20. The van der Waals surface area contributed by atoms with Crippen molar-refractivity contribution in [3.05, 3.63) is 161 Å². The number of benzene rings is 5. The lowest BCUT2D eigenvalue weighted by atomic mass is 9.84. The van der Waals surface area contributed by atoms with Crippen LogP contribution in [0.5, 0.6) is 0 Å². The van der Waals surface area contributed by atoms with E-state index in [4.69, 9.17) is 5.11 Å². The summed E-state index contributed by atoms with van der Waals surface area (Å²) in [6.07, 6.45) is 0.672. The Morgan fingerprint density at radius 1 is 0.463 bits per heavy atom. The van der Waals surface area contributed by atoms with Crippen molar-refractivity contribution in [1.29, 1.82) is 0 Å². The molecule has 0 bridgehead atoms. The monoisotopic (exact) mass is 729 g/mol. The van der Waals surface area contributed by atoms with E-state index >= 15 is 0 Å². The Hall–Kier alpha value is -5.89. The topological polar surface area (TPSA) is 101 Å². The van der Waals surface area contributed by atoms with E-state index in [2.05, 4.69) is 129 Å². The van der Waals surface area contributed by atoms with Crippen LogP contribution in [-0.4, -0.2) is 67.7 Å². The van der Waals surface area contributed by atoms with Gasteiger partial charge in [-0.2, -0.15) is 0 Å². The molecule has 54 heavy (non-hydrogen) atoms. The average molecular weight is 730 g/mol. The Labute approximate surface area is 321 Å². The number of hydrogen-bond acceptors (Lipinski definition) is 6. The van der Waals surface area contributed by atoms with E-state index in [1.54, 1.807) is 12.1 Å². The number of carbonyl (C=O) groups excluding carboxylic acids is 1. The van der Waals surface area contributed by atoms with E-state index in [9.17, 15) is 19.5 Å². The van der Waals surface area contributed by atoms with Gasteiger partial charge in [0.25, 0.3) is 0 Å². The molecule has 0 unspecified atom stereocenters. The zero-order valence-electron chi connectivity index (χ0n) is 32.5. The van der Waals surface area contributed by atoms with Gasteiger partial charge in [-0.1, -0.05) is 66.7 Å². The molecule has 0 amide bonds. The first-order valence-electron chi connectivity index (χ1n) is 18.8. The van der Waals surface area contributed by atoms with Crippen molar-refractivity contribution in [2.24, 2.45) is 0 Å². The van der Waals surface area contributed by atoms with Crippen molar-refractivity contribution in [3.8, 4) is 0 Å². The Kier molecular flexibility index (Phi) is 17.5. The molecule has 0 aliphatic heterocycles. The molecule has 0 aliphatic rings. The highest BCUT2D eigenvalue weighted by Gasteiger charge is 2.18. The van der Waals surface area contributed by atoms with Crippen LogP contribution < -0.4 is 14.7 Å². The number of nitrogens with zero attached hydrogens (tertiary/aromatic N) is 3. The van der Waals surface area contributed by atoms with Gasteiger partial charge in [-0.25, -0.2) is 9.59 Å². The minimum absolute atomic E-state index is 0.0364. The van der Waals surface area contributed by atoms with Crippen molar-refractivity contribution >= 4 is 35.3 Å². The number of hydrogen-bond donors (Lipinski definition) is 2. The van der Waals surface area contributed by atoms with Crippen LogP contribution in [0.1, 0.15) is 95.2 Å². The fraction of sp³-hybridized carbons (Fsp3) is 0.283. The molecule has 0 radical (unpaired) electrons. The number of para-hydroxylation sites is 1. The van der Waals surface area contributed by atoms with Gasteiger partial charge < -0.3 is 24.9 Å². The average Bonchev–Trinajstić information content (AvgIpc) is 3.21. The van der Waals surface area contributed by atoms with Gasteiger partial charge in [0.2, 0.25) is 0 Å². The van der Waals surface area contributed by atoms with Gasteiger partial charge in [0.1, 0.15) is 6.29 Å². The van der Waals surface area contributed by atoms with Gasteiger partial charge in [0, 0.05) is 67.8 Å². The molecule has 0 aliphatic carbocycles. The van der Waals surface area contributed by atoms with Crippen molar-refractivity contribution in [2.75, 3.05) is 54.0 Å². The molecule has 0 saturated carbocycles. The van der Waals surface area contributed by atoms with Crippen LogP contribution in [0.4, 0.5) is 17.1 Å². The summed E-state index contributed by atoms with van der Waals surface area (Å²) < 4.78 is 0. The lowest BCUT2D eigenvalue weighted by Gasteiger charge is -2.25. The van der Waals surface area contributed by atoms with Gasteiger partial charge >= 0.3 is 11.9 Å². The summed E-state index contributed by atoms with van der Waals surface area (Å²) >= 11 is 0. The zero-order valence-corrected chi connectivity index (χ0v) is 32.5. The molecule has 5 rings (SSSR count). The molecular formula is C46H55N3O5. The molecule has 2 N–H and O–H groups in total. The fourth-order valence-corrected chi connectivity index (χ4v) is 6.26. The number of rotatable bonds is 15. The molecule has 0 aromatic heterocycles. The van der Waals surface area contributed by atoms with E-state index in [0.717, 1.165) is 44.8 Å². The minimum atomic E-state index is -0.984. The molecule has 0 fully saturated rings. The Morgan fingerprint density at radius 2 is 0.759 bits per heavy atom. The summed E-state index contributed by atoms with van der Waals surface area (Å²) in [6.45, 7) is 19.1. The first kappa shape index (κ1) is 42.5. The molecule has 8 nitrogen and oxygen atoms in total. The molecule has 284 valence electrons. The van der Waals surface area contributed by atoms with Crippen LogP contribution in [0.25, 0.3) is 0 Å². The number of carbonyl (C=O) groups is 3. The summed E-state index contributed by atoms with van der Waals surface area (Å²) in [7, 11) is 0. The smallest absolute Gasteiger partial charge is 0.335 e.